The molecule has 3 rings (SSSR count). The van der Waals surface area contributed by atoms with Crippen molar-refractivity contribution < 1.29 is 9.18 Å². The van der Waals surface area contributed by atoms with Crippen molar-refractivity contribution in [2.24, 2.45) is 0 Å². The van der Waals surface area contributed by atoms with Crippen LogP contribution in [0, 0.1) is 5.82 Å². The summed E-state index contributed by atoms with van der Waals surface area (Å²) in [5.41, 5.74) is 3.55. The third-order valence-corrected chi connectivity index (χ3v) is 3.65. The lowest BCUT2D eigenvalue weighted by Crippen LogP contribution is -2.49. The van der Waals surface area contributed by atoms with Crippen LogP contribution in [0.2, 0.25) is 0 Å². The van der Waals surface area contributed by atoms with Crippen molar-refractivity contribution in [2.45, 2.75) is 25.7 Å². The number of halogens is 1. The Hall–Kier alpha value is -2.51. The maximum atomic E-state index is 13.4. The molecule has 8 heteroatoms. The Morgan fingerprint density at radius 1 is 1.48 bits per heavy atom. The van der Waals surface area contributed by atoms with Crippen molar-refractivity contribution in [3.05, 3.63) is 35.4 Å². The summed E-state index contributed by atoms with van der Waals surface area (Å²) in [4.78, 5) is 12.4. The number of nitrogens with one attached hydrogen (secondary N) is 2. The number of hydrazine groups is 1. The molecule has 0 atom stereocenters. The van der Waals surface area contributed by atoms with Crippen LogP contribution in [-0.4, -0.2) is 33.1 Å². The number of hydrogen-bond donors (Lipinski definition) is 2. The molecule has 0 unspecified atom stereocenters. The predicted molar refractivity (Wildman–Crippen MR) is 72.8 cm³/mol. The van der Waals surface area contributed by atoms with Gasteiger partial charge < -0.3 is 0 Å². The van der Waals surface area contributed by atoms with Gasteiger partial charge >= 0.3 is 0 Å². The normalized spacial score (nSPS) is 14.1. The van der Waals surface area contributed by atoms with E-state index in [2.05, 4.69) is 26.0 Å². The molecule has 0 saturated carbocycles. The van der Waals surface area contributed by atoms with E-state index in [1.54, 1.807) is 24.9 Å². The number of carbonyl (C=O) groups is 1. The summed E-state index contributed by atoms with van der Waals surface area (Å²) >= 11 is 0. The fraction of sp³-hybridized carbons (Fsp3) is 0.385. The maximum Gasteiger partial charge on any atom is 0.251 e. The van der Waals surface area contributed by atoms with Crippen LogP contribution in [0.3, 0.4) is 0 Å². The number of aromatic amines is 1. The largest absolute Gasteiger partial charge is 0.285 e. The number of fused-ring (bicyclic) bond motifs is 1. The van der Waals surface area contributed by atoms with Gasteiger partial charge in [0.15, 0.2) is 5.82 Å². The molecule has 110 valence electrons. The SMILES string of the molecule is CC(C)(C(=O)NN1CCc2ccc(F)cc21)c1nn[nH]n1. The van der Waals surface area contributed by atoms with E-state index in [1.807, 2.05) is 0 Å². The number of amides is 1. The van der Waals surface area contributed by atoms with E-state index in [0.29, 0.717) is 18.1 Å². The molecule has 1 aliphatic heterocycles. The fourth-order valence-electron chi connectivity index (χ4n) is 2.26. The van der Waals surface area contributed by atoms with Gasteiger partial charge in [0.2, 0.25) is 0 Å². The average Bonchev–Trinajstić information content (AvgIpc) is 3.09. The quantitative estimate of drug-likeness (QED) is 0.869. The van der Waals surface area contributed by atoms with Crippen LogP contribution in [-0.2, 0) is 16.6 Å². The first-order valence-corrected chi connectivity index (χ1v) is 6.59. The highest BCUT2D eigenvalue weighted by atomic mass is 19.1. The van der Waals surface area contributed by atoms with E-state index < -0.39 is 5.41 Å². The minimum absolute atomic E-state index is 0.277. The van der Waals surface area contributed by atoms with Crippen LogP contribution in [0.5, 0.6) is 0 Å². The van der Waals surface area contributed by atoms with Gasteiger partial charge in [-0.05, 0) is 38.0 Å². The van der Waals surface area contributed by atoms with Crippen LogP contribution in [0.4, 0.5) is 10.1 Å². The number of aromatic nitrogens is 4. The molecule has 0 aliphatic carbocycles. The fourth-order valence-corrected chi connectivity index (χ4v) is 2.26. The number of hydrogen-bond acceptors (Lipinski definition) is 5. The Labute approximate surface area is 120 Å². The molecule has 0 fully saturated rings. The molecule has 0 bridgehead atoms. The molecular weight excluding hydrogens is 275 g/mol. The van der Waals surface area contributed by atoms with Gasteiger partial charge in [-0.25, -0.2) is 4.39 Å². The lowest BCUT2D eigenvalue weighted by atomic mass is 9.92. The highest BCUT2D eigenvalue weighted by Gasteiger charge is 2.36. The minimum Gasteiger partial charge on any atom is -0.285 e. The number of rotatable bonds is 3. The molecule has 2 N–H and O–H groups in total. The average molecular weight is 290 g/mol. The topological polar surface area (TPSA) is 86.8 Å². The molecule has 2 aromatic rings. The number of anilines is 1. The summed E-state index contributed by atoms with van der Waals surface area (Å²) in [5.74, 6) is -0.299. The zero-order valence-corrected chi connectivity index (χ0v) is 11.7. The minimum atomic E-state index is -0.941. The van der Waals surface area contributed by atoms with E-state index in [4.69, 9.17) is 0 Å². The first-order valence-electron chi connectivity index (χ1n) is 6.59. The van der Waals surface area contributed by atoms with Crippen molar-refractivity contribution in [3.8, 4) is 0 Å². The maximum absolute atomic E-state index is 13.4. The number of H-pyrrole nitrogens is 1. The Bertz CT molecular complexity index is 669. The van der Waals surface area contributed by atoms with E-state index in [0.717, 1.165) is 12.0 Å². The van der Waals surface area contributed by atoms with E-state index in [-0.39, 0.29) is 11.7 Å². The van der Waals surface area contributed by atoms with Gasteiger partial charge in [-0.15, -0.1) is 10.2 Å². The molecule has 2 heterocycles. The van der Waals surface area contributed by atoms with Crippen molar-refractivity contribution in [2.75, 3.05) is 11.6 Å². The number of tetrazole rings is 1. The summed E-state index contributed by atoms with van der Waals surface area (Å²) in [5, 5.41) is 15.2. The van der Waals surface area contributed by atoms with E-state index >= 15 is 0 Å². The number of carbonyl (C=O) groups excluding carboxylic acids is 1. The molecule has 1 aromatic carbocycles. The number of benzene rings is 1. The van der Waals surface area contributed by atoms with Gasteiger partial charge in [0.25, 0.3) is 5.91 Å². The first kappa shape index (κ1) is 13.5. The third kappa shape index (κ3) is 2.32. The van der Waals surface area contributed by atoms with Gasteiger partial charge in [0.1, 0.15) is 11.2 Å². The second-order valence-electron chi connectivity index (χ2n) is 5.48. The number of nitrogens with zero attached hydrogens (tertiary/aromatic N) is 4. The molecule has 0 saturated heterocycles. The summed E-state index contributed by atoms with van der Waals surface area (Å²) in [7, 11) is 0. The van der Waals surface area contributed by atoms with Crippen LogP contribution in [0.25, 0.3) is 0 Å². The van der Waals surface area contributed by atoms with E-state index in [9.17, 15) is 9.18 Å². The van der Waals surface area contributed by atoms with Gasteiger partial charge in [0.05, 0.1) is 5.69 Å². The lowest BCUT2D eigenvalue weighted by molar-refractivity contribution is -0.126. The van der Waals surface area contributed by atoms with Crippen molar-refractivity contribution in [1.82, 2.24) is 26.0 Å². The molecular formula is C13H15FN6O. The monoisotopic (exact) mass is 290 g/mol. The molecule has 0 radical (unpaired) electrons. The van der Waals surface area contributed by atoms with Crippen LogP contribution in [0.1, 0.15) is 25.2 Å². The zero-order chi connectivity index (χ0) is 15.0. The summed E-state index contributed by atoms with van der Waals surface area (Å²) < 4.78 is 13.4. The van der Waals surface area contributed by atoms with Crippen LogP contribution < -0.4 is 10.4 Å². The molecule has 1 amide bonds. The second-order valence-corrected chi connectivity index (χ2v) is 5.48. The smallest absolute Gasteiger partial charge is 0.251 e. The summed E-state index contributed by atoms with van der Waals surface area (Å²) in [6, 6.07) is 4.58. The highest BCUT2D eigenvalue weighted by molar-refractivity contribution is 5.87. The highest BCUT2D eigenvalue weighted by Crippen LogP contribution is 2.28. The molecule has 1 aliphatic rings. The molecule has 21 heavy (non-hydrogen) atoms. The summed E-state index contributed by atoms with van der Waals surface area (Å²) in [6.07, 6.45) is 0.762. The zero-order valence-electron chi connectivity index (χ0n) is 11.7. The van der Waals surface area contributed by atoms with Crippen molar-refractivity contribution in [1.29, 1.82) is 0 Å². The van der Waals surface area contributed by atoms with Gasteiger partial charge in [-0.1, -0.05) is 11.3 Å². The third-order valence-electron chi connectivity index (χ3n) is 3.65. The Morgan fingerprint density at radius 3 is 3.00 bits per heavy atom. The first-order chi connectivity index (χ1) is 9.98. The Kier molecular flexibility index (Phi) is 3.08. The summed E-state index contributed by atoms with van der Waals surface area (Å²) in [6.45, 7) is 4.01. The predicted octanol–water partition coefficient (Wildman–Crippen LogP) is 0.710. The van der Waals surface area contributed by atoms with E-state index in [1.165, 1.54) is 12.1 Å². The van der Waals surface area contributed by atoms with Crippen LogP contribution >= 0.6 is 0 Å². The van der Waals surface area contributed by atoms with Gasteiger partial charge in [0, 0.05) is 6.54 Å². The standard InChI is InChI=1S/C13H15FN6O/c1-13(2,11-15-18-19-16-11)12(21)17-20-6-5-8-3-4-9(14)7-10(8)20/h3-4,7H,5-6H2,1-2H3,(H,17,21)(H,15,16,18,19). The van der Waals surface area contributed by atoms with Crippen molar-refractivity contribution >= 4 is 11.6 Å². The molecule has 7 nitrogen and oxygen atoms in total. The molecule has 1 aromatic heterocycles. The Morgan fingerprint density at radius 2 is 2.29 bits per heavy atom. The van der Waals surface area contributed by atoms with Gasteiger partial charge in [-0.2, -0.15) is 5.21 Å². The molecule has 0 spiro atoms. The van der Waals surface area contributed by atoms with Crippen molar-refractivity contribution in [3.63, 3.8) is 0 Å². The van der Waals surface area contributed by atoms with Crippen LogP contribution in [0.15, 0.2) is 18.2 Å². The Balaban J connectivity index is 1.80. The lowest BCUT2D eigenvalue weighted by Gasteiger charge is -2.26. The second kappa shape index (κ2) is 4.80. The van der Waals surface area contributed by atoms with Gasteiger partial charge in [-0.3, -0.25) is 15.2 Å².